The predicted octanol–water partition coefficient (Wildman–Crippen LogP) is 1.25. The molecular formula is C12H9FN4O2. The van der Waals surface area contributed by atoms with Gasteiger partial charge in [-0.3, -0.25) is 0 Å². The fourth-order valence-corrected chi connectivity index (χ4v) is 1.56. The van der Waals surface area contributed by atoms with Crippen LogP contribution in [0.1, 0.15) is 16.1 Å². The van der Waals surface area contributed by atoms with E-state index in [4.69, 9.17) is 11.0 Å². The van der Waals surface area contributed by atoms with Crippen LogP contribution in [0.15, 0.2) is 24.4 Å². The number of methoxy groups -OCH3 is 1. The molecule has 0 aliphatic carbocycles. The Hall–Kier alpha value is -2.88. The van der Waals surface area contributed by atoms with Crippen molar-refractivity contribution in [3.05, 3.63) is 41.5 Å². The maximum atomic E-state index is 13.0. The molecule has 0 spiro atoms. The van der Waals surface area contributed by atoms with E-state index in [1.54, 1.807) is 0 Å². The third-order valence-corrected chi connectivity index (χ3v) is 2.45. The minimum Gasteiger partial charge on any atom is -0.464 e. The van der Waals surface area contributed by atoms with Gasteiger partial charge in [-0.05, 0) is 18.2 Å². The third kappa shape index (κ3) is 2.24. The molecule has 96 valence electrons. The first kappa shape index (κ1) is 12.6. The SMILES string of the molecule is COC(=O)c1nn(-c2ccc(F)cc2C#N)cc1N. The van der Waals surface area contributed by atoms with Crippen LogP contribution in [-0.4, -0.2) is 22.9 Å². The molecule has 2 N–H and O–H groups in total. The van der Waals surface area contributed by atoms with Crippen molar-refractivity contribution in [1.82, 2.24) is 9.78 Å². The summed E-state index contributed by atoms with van der Waals surface area (Å²) in [5.74, 6) is -1.22. The number of nitrogens with two attached hydrogens (primary N) is 1. The van der Waals surface area contributed by atoms with Gasteiger partial charge in [0.15, 0.2) is 5.69 Å². The zero-order valence-electron chi connectivity index (χ0n) is 9.92. The summed E-state index contributed by atoms with van der Waals surface area (Å²) in [5, 5.41) is 12.9. The number of ether oxygens (including phenoxy) is 1. The third-order valence-electron chi connectivity index (χ3n) is 2.45. The van der Waals surface area contributed by atoms with E-state index >= 15 is 0 Å². The van der Waals surface area contributed by atoms with Crippen LogP contribution in [-0.2, 0) is 4.74 Å². The maximum absolute atomic E-state index is 13.0. The number of esters is 1. The largest absolute Gasteiger partial charge is 0.464 e. The average molecular weight is 260 g/mol. The number of halogens is 1. The molecule has 0 atom stereocenters. The summed E-state index contributed by atoms with van der Waals surface area (Å²) in [4.78, 5) is 11.4. The lowest BCUT2D eigenvalue weighted by atomic mass is 10.2. The smallest absolute Gasteiger partial charge is 0.360 e. The number of nitrogens with zero attached hydrogens (tertiary/aromatic N) is 3. The van der Waals surface area contributed by atoms with E-state index in [-0.39, 0.29) is 16.9 Å². The molecule has 0 unspecified atom stereocenters. The first-order valence-electron chi connectivity index (χ1n) is 5.20. The fraction of sp³-hybridized carbons (Fsp3) is 0.0833. The zero-order chi connectivity index (χ0) is 14.0. The summed E-state index contributed by atoms with van der Waals surface area (Å²) < 4.78 is 18.8. The highest BCUT2D eigenvalue weighted by Crippen LogP contribution is 2.19. The van der Waals surface area contributed by atoms with Crippen LogP contribution >= 0.6 is 0 Å². The van der Waals surface area contributed by atoms with Crippen LogP contribution in [0.25, 0.3) is 5.69 Å². The molecular weight excluding hydrogens is 251 g/mol. The van der Waals surface area contributed by atoms with Gasteiger partial charge in [-0.2, -0.15) is 10.4 Å². The molecule has 7 heteroatoms. The highest BCUT2D eigenvalue weighted by atomic mass is 19.1. The highest BCUT2D eigenvalue weighted by molar-refractivity contribution is 5.92. The molecule has 19 heavy (non-hydrogen) atoms. The second-order valence-corrected chi connectivity index (χ2v) is 3.64. The van der Waals surface area contributed by atoms with Crippen molar-refractivity contribution < 1.29 is 13.9 Å². The van der Waals surface area contributed by atoms with E-state index in [0.29, 0.717) is 5.69 Å². The topological polar surface area (TPSA) is 93.9 Å². The monoisotopic (exact) mass is 260 g/mol. The van der Waals surface area contributed by atoms with Crippen molar-refractivity contribution >= 4 is 11.7 Å². The number of aromatic nitrogens is 2. The molecule has 6 nitrogen and oxygen atoms in total. The van der Waals surface area contributed by atoms with Gasteiger partial charge in [-0.25, -0.2) is 13.9 Å². The number of hydrogen-bond acceptors (Lipinski definition) is 5. The summed E-state index contributed by atoms with van der Waals surface area (Å²) in [6.07, 6.45) is 1.36. The maximum Gasteiger partial charge on any atom is 0.360 e. The Balaban J connectivity index is 2.55. The Labute approximate surface area is 107 Å². The molecule has 2 rings (SSSR count). The lowest BCUT2D eigenvalue weighted by molar-refractivity contribution is 0.0594. The van der Waals surface area contributed by atoms with Crippen LogP contribution in [0.2, 0.25) is 0 Å². The van der Waals surface area contributed by atoms with E-state index in [1.807, 2.05) is 6.07 Å². The molecule has 0 aliphatic heterocycles. The van der Waals surface area contributed by atoms with Crippen molar-refractivity contribution in [2.24, 2.45) is 0 Å². The van der Waals surface area contributed by atoms with Crippen LogP contribution in [0.4, 0.5) is 10.1 Å². The summed E-state index contributed by atoms with van der Waals surface area (Å²) in [5.41, 5.74) is 6.09. The lowest BCUT2D eigenvalue weighted by Crippen LogP contribution is -2.06. The number of carbonyl (C=O) groups excluding carboxylic acids is 1. The minimum atomic E-state index is -0.683. The number of nitrogen functional groups attached to an aromatic ring is 1. The van der Waals surface area contributed by atoms with Gasteiger partial charge in [-0.1, -0.05) is 0 Å². The number of anilines is 1. The second-order valence-electron chi connectivity index (χ2n) is 3.64. The van der Waals surface area contributed by atoms with Crippen molar-refractivity contribution in [2.75, 3.05) is 12.8 Å². The standard InChI is InChI=1S/C12H9FN4O2/c1-19-12(18)11-9(15)6-17(16-11)10-3-2-8(13)4-7(10)5-14/h2-4,6H,15H2,1H3. The summed E-state index contributed by atoms with van der Waals surface area (Å²) in [6, 6.07) is 5.49. The zero-order valence-corrected chi connectivity index (χ0v) is 9.92. The summed E-state index contributed by atoms with van der Waals surface area (Å²) in [6.45, 7) is 0. The van der Waals surface area contributed by atoms with E-state index in [1.165, 1.54) is 30.1 Å². The van der Waals surface area contributed by atoms with E-state index in [9.17, 15) is 9.18 Å². The first-order valence-corrected chi connectivity index (χ1v) is 5.20. The molecule has 1 aromatic heterocycles. The molecule has 0 bridgehead atoms. The summed E-state index contributed by atoms with van der Waals surface area (Å²) in [7, 11) is 1.21. The van der Waals surface area contributed by atoms with Crippen molar-refractivity contribution in [2.45, 2.75) is 0 Å². The molecule has 0 saturated carbocycles. The number of nitriles is 1. The number of benzene rings is 1. The Morgan fingerprint density at radius 3 is 2.95 bits per heavy atom. The Morgan fingerprint density at radius 2 is 2.32 bits per heavy atom. The molecule has 0 radical (unpaired) electrons. The van der Waals surface area contributed by atoms with Gasteiger partial charge in [0, 0.05) is 0 Å². The van der Waals surface area contributed by atoms with Gasteiger partial charge in [-0.15, -0.1) is 0 Å². The molecule has 2 aromatic rings. The quantitative estimate of drug-likeness (QED) is 0.820. The first-order chi connectivity index (χ1) is 9.06. The van der Waals surface area contributed by atoms with Crippen molar-refractivity contribution in [3.8, 4) is 11.8 Å². The van der Waals surface area contributed by atoms with Gasteiger partial charge in [0.25, 0.3) is 0 Å². The minimum absolute atomic E-state index is 0.0595. The van der Waals surface area contributed by atoms with E-state index in [2.05, 4.69) is 9.84 Å². The van der Waals surface area contributed by atoms with Gasteiger partial charge < -0.3 is 10.5 Å². The van der Waals surface area contributed by atoms with Crippen LogP contribution < -0.4 is 5.73 Å². The van der Waals surface area contributed by atoms with Gasteiger partial charge >= 0.3 is 5.97 Å². The Kier molecular flexibility index (Phi) is 3.16. The molecule has 0 amide bonds. The molecule has 0 fully saturated rings. The average Bonchev–Trinajstić information content (AvgIpc) is 2.79. The normalized spacial score (nSPS) is 9.95. The number of hydrogen-bond donors (Lipinski definition) is 1. The van der Waals surface area contributed by atoms with Crippen molar-refractivity contribution in [3.63, 3.8) is 0 Å². The Morgan fingerprint density at radius 1 is 1.58 bits per heavy atom. The van der Waals surface area contributed by atoms with Crippen LogP contribution in [0, 0.1) is 17.1 Å². The lowest BCUT2D eigenvalue weighted by Gasteiger charge is -2.03. The molecule has 1 aromatic carbocycles. The van der Waals surface area contributed by atoms with Gasteiger partial charge in [0.05, 0.1) is 30.2 Å². The van der Waals surface area contributed by atoms with E-state index < -0.39 is 11.8 Å². The summed E-state index contributed by atoms with van der Waals surface area (Å²) >= 11 is 0. The molecule has 0 saturated heterocycles. The molecule has 0 aliphatic rings. The number of rotatable bonds is 2. The highest BCUT2D eigenvalue weighted by Gasteiger charge is 2.17. The van der Waals surface area contributed by atoms with Crippen LogP contribution in [0.3, 0.4) is 0 Å². The molecule has 1 heterocycles. The predicted molar refractivity (Wildman–Crippen MR) is 64.0 cm³/mol. The second kappa shape index (κ2) is 4.78. The van der Waals surface area contributed by atoms with E-state index in [0.717, 1.165) is 6.07 Å². The van der Waals surface area contributed by atoms with Crippen molar-refractivity contribution in [1.29, 1.82) is 5.26 Å². The Bertz CT molecular complexity index is 688. The fourth-order valence-electron chi connectivity index (χ4n) is 1.56. The van der Waals surface area contributed by atoms with Crippen LogP contribution in [0.5, 0.6) is 0 Å². The van der Waals surface area contributed by atoms with Gasteiger partial charge in [0.1, 0.15) is 11.9 Å². The van der Waals surface area contributed by atoms with Gasteiger partial charge in [0.2, 0.25) is 0 Å². The number of carbonyl (C=O) groups is 1.